The summed E-state index contributed by atoms with van der Waals surface area (Å²) in [4.78, 5) is 22.5. The van der Waals surface area contributed by atoms with Crippen molar-refractivity contribution >= 4 is 22.7 Å². The third kappa shape index (κ3) is 4.10. The molecular formula is C18H18O5. The third-order valence-corrected chi connectivity index (χ3v) is 3.25. The van der Waals surface area contributed by atoms with Crippen LogP contribution >= 0.6 is 0 Å². The van der Waals surface area contributed by atoms with Gasteiger partial charge in [-0.15, -0.1) is 0 Å². The number of ether oxygens (including phenoxy) is 2. The lowest BCUT2D eigenvalue weighted by molar-refractivity contribution is -0.159. The molecule has 120 valence electrons. The average Bonchev–Trinajstić information content (AvgIpc) is 2.53. The highest BCUT2D eigenvalue weighted by molar-refractivity contribution is 5.94. The minimum absolute atomic E-state index is 0.230. The van der Waals surface area contributed by atoms with Gasteiger partial charge >= 0.3 is 11.9 Å². The molecule has 0 aromatic heterocycles. The topological polar surface area (TPSA) is 72.8 Å². The molecule has 5 nitrogen and oxygen atoms in total. The Morgan fingerprint density at radius 2 is 1.83 bits per heavy atom. The van der Waals surface area contributed by atoms with Crippen molar-refractivity contribution in [2.45, 2.75) is 26.6 Å². The van der Waals surface area contributed by atoms with Crippen molar-refractivity contribution in [3.8, 4) is 5.75 Å². The van der Waals surface area contributed by atoms with Gasteiger partial charge in [0.25, 0.3) is 0 Å². The molecule has 0 spiro atoms. The van der Waals surface area contributed by atoms with Gasteiger partial charge in [-0.1, -0.05) is 25.6 Å². The van der Waals surface area contributed by atoms with E-state index < -0.39 is 18.2 Å². The highest BCUT2D eigenvalue weighted by Gasteiger charge is 2.15. The lowest BCUT2D eigenvalue weighted by Gasteiger charge is -2.18. The van der Waals surface area contributed by atoms with E-state index in [0.717, 1.165) is 10.8 Å². The molecule has 2 rings (SSSR count). The standard InChI is InChI=1S/C18H18O5/c1-4-16(23-18(21)11(2)3)22-15-8-7-12-9-14(17(19)20)6-5-13(12)10-15/h5-10,16H,2,4H2,1,3H3,(H,19,20). The normalized spacial score (nSPS) is 11.7. The van der Waals surface area contributed by atoms with E-state index in [4.69, 9.17) is 14.6 Å². The Morgan fingerprint density at radius 1 is 1.17 bits per heavy atom. The first-order valence-electron chi connectivity index (χ1n) is 7.21. The van der Waals surface area contributed by atoms with Gasteiger partial charge in [-0.05, 0) is 42.0 Å². The summed E-state index contributed by atoms with van der Waals surface area (Å²) in [6, 6.07) is 10.1. The molecule has 0 aliphatic carbocycles. The molecular weight excluding hydrogens is 296 g/mol. The van der Waals surface area contributed by atoms with E-state index in [1.807, 2.05) is 6.92 Å². The Labute approximate surface area is 134 Å². The molecule has 0 saturated heterocycles. The van der Waals surface area contributed by atoms with E-state index in [0.29, 0.717) is 17.7 Å². The van der Waals surface area contributed by atoms with Crippen LogP contribution in [0.4, 0.5) is 0 Å². The van der Waals surface area contributed by atoms with E-state index in [1.54, 1.807) is 37.3 Å². The zero-order valence-electron chi connectivity index (χ0n) is 13.0. The van der Waals surface area contributed by atoms with E-state index in [1.165, 1.54) is 6.07 Å². The van der Waals surface area contributed by atoms with Crippen LogP contribution in [0.5, 0.6) is 5.75 Å². The quantitative estimate of drug-likeness (QED) is 0.499. The predicted octanol–water partition coefficient (Wildman–Crippen LogP) is 3.77. The van der Waals surface area contributed by atoms with Crippen molar-refractivity contribution in [3.63, 3.8) is 0 Å². The number of fused-ring (bicyclic) bond motifs is 1. The number of hydrogen-bond acceptors (Lipinski definition) is 4. The zero-order chi connectivity index (χ0) is 17.0. The molecule has 0 aliphatic rings. The maximum atomic E-state index is 11.6. The number of carbonyl (C=O) groups excluding carboxylic acids is 1. The summed E-state index contributed by atoms with van der Waals surface area (Å²) in [6.07, 6.45) is -0.204. The molecule has 2 aromatic rings. The number of aromatic carboxylic acids is 1. The van der Waals surface area contributed by atoms with Crippen LogP contribution < -0.4 is 4.74 Å². The zero-order valence-corrected chi connectivity index (χ0v) is 13.0. The number of esters is 1. The van der Waals surface area contributed by atoms with E-state index >= 15 is 0 Å². The number of rotatable bonds is 6. The lowest BCUT2D eigenvalue weighted by Crippen LogP contribution is -2.23. The van der Waals surface area contributed by atoms with Crippen LogP contribution in [-0.4, -0.2) is 23.3 Å². The second-order valence-corrected chi connectivity index (χ2v) is 5.17. The first-order chi connectivity index (χ1) is 10.9. The van der Waals surface area contributed by atoms with E-state index in [-0.39, 0.29) is 5.56 Å². The van der Waals surface area contributed by atoms with Gasteiger partial charge in [0.2, 0.25) is 6.29 Å². The number of hydrogen-bond donors (Lipinski definition) is 1. The van der Waals surface area contributed by atoms with Crippen LogP contribution in [0, 0.1) is 0 Å². The van der Waals surface area contributed by atoms with Crippen LogP contribution in [0.3, 0.4) is 0 Å². The Balaban J connectivity index is 2.19. The van der Waals surface area contributed by atoms with Gasteiger partial charge in [-0.3, -0.25) is 0 Å². The smallest absolute Gasteiger partial charge is 0.336 e. The summed E-state index contributed by atoms with van der Waals surface area (Å²) < 4.78 is 10.9. The third-order valence-electron chi connectivity index (χ3n) is 3.25. The molecule has 0 amide bonds. The lowest BCUT2D eigenvalue weighted by atomic mass is 10.1. The molecule has 1 N–H and O–H groups in total. The van der Waals surface area contributed by atoms with Gasteiger partial charge in [0, 0.05) is 12.0 Å². The summed E-state index contributed by atoms with van der Waals surface area (Å²) in [7, 11) is 0. The SMILES string of the molecule is C=C(C)C(=O)OC(CC)Oc1ccc2cc(C(=O)O)ccc2c1. The summed E-state index contributed by atoms with van der Waals surface area (Å²) in [5, 5.41) is 10.6. The maximum Gasteiger partial charge on any atom is 0.336 e. The largest absolute Gasteiger partial charge is 0.478 e. The Kier molecular flexibility index (Phi) is 5.01. The number of carboxylic acids is 1. The predicted molar refractivity (Wildman–Crippen MR) is 86.5 cm³/mol. The van der Waals surface area contributed by atoms with E-state index in [9.17, 15) is 9.59 Å². The summed E-state index contributed by atoms with van der Waals surface area (Å²) in [5.41, 5.74) is 0.541. The number of carbonyl (C=O) groups is 2. The van der Waals surface area contributed by atoms with Crippen LogP contribution in [0.1, 0.15) is 30.6 Å². The molecule has 0 heterocycles. The Morgan fingerprint density at radius 3 is 2.43 bits per heavy atom. The van der Waals surface area contributed by atoms with Crippen molar-refractivity contribution in [2.24, 2.45) is 0 Å². The van der Waals surface area contributed by atoms with Crippen molar-refractivity contribution in [2.75, 3.05) is 0 Å². The van der Waals surface area contributed by atoms with Gasteiger partial charge in [0.15, 0.2) is 0 Å². The van der Waals surface area contributed by atoms with Crippen molar-refractivity contribution in [1.29, 1.82) is 0 Å². The van der Waals surface area contributed by atoms with Gasteiger partial charge in [-0.25, -0.2) is 9.59 Å². The molecule has 5 heteroatoms. The molecule has 0 fully saturated rings. The van der Waals surface area contributed by atoms with Crippen molar-refractivity contribution in [1.82, 2.24) is 0 Å². The second-order valence-electron chi connectivity index (χ2n) is 5.17. The molecule has 1 atom stereocenters. The van der Waals surface area contributed by atoms with Crippen LogP contribution in [-0.2, 0) is 9.53 Å². The molecule has 0 bridgehead atoms. The molecule has 0 aliphatic heterocycles. The van der Waals surface area contributed by atoms with Crippen molar-refractivity contribution < 1.29 is 24.2 Å². The molecule has 0 saturated carbocycles. The minimum Gasteiger partial charge on any atom is -0.478 e. The van der Waals surface area contributed by atoms with Crippen molar-refractivity contribution in [3.05, 3.63) is 54.1 Å². The average molecular weight is 314 g/mol. The summed E-state index contributed by atoms with van der Waals surface area (Å²) in [5.74, 6) is -0.921. The summed E-state index contributed by atoms with van der Waals surface area (Å²) in [6.45, 7) is 6.95. The first kappa shape index (κ1) is 16.5. The fourth-order valence-electron chi connectivity index (χ4n) is 1.99. The van der Waals surface area contributed by atoms with Gasteiger partial charge in [0.1, 0.15) is 5.75 Å². The fourth-order valence-corrected chi connectivity index (χ4v) is 1.99. The highest BCUT2D eigenvalue weighted by atomic mass is 16.7. The highest BCUT2D eigenvalue weighted by Crippen LogP contribution is 2.23. The van der Waals surface area contributed by atoms with Gasteiger partial charge in [0.05, 0.1) is 5.56 Å². The molecule has 23 heavy (non-hydrogen) atoms. The number of benzene rings is 2. The minimum atomic E-state index is -0.968. The fraction of sp³-hybridized carbons (Fsp3) is 0.222. The first-order valence-corrected chi connectivity index (χ1v) is 7.21. The molecule has 2 aromatic carbocycles. The number of carboxylic acid groups (broad SMARTS) is 1. The van der Waals surface area contributed by atoms with Crippen LogP contribution in [0.25, 0.3) is 10.8 Å². The maximum absolute atomic E-state index is 11.6. The van der Waals surface area contributed by atoms with Crippen LogP contribution in [0.15, 0.2) is 48.6 Å². The van der Waals surface area contributed by atoms with E-state index in [2.05, 4.69) is 6.58 Å². The van der Waals surface area contributed by atoms with Crippen LogP contribution in [0.2, 0.25) is 0 Å². The molecule has 0 radical (unpaired) electrons. The summed E-state index contributed by atoms with van der Waals surface area (Å²) >= 11 is 0. The molecule has 1 unspecified atom stereocenters. The monoisotopic (exact) mass is 314 g/mol. The Bertz CT molecular complexity index is 763. The second kappa shape index (κ2) is 6.96. The van der Waals surface area contributed by atoms with Gasteiger partial charge in [-0.2, -0.15) is 0 Å². The van der Waals surface area contributed by atoms with Gasteiger partial charge < -0.3 is 14.6 Å². The Hall–Kier alpha value is -2.82.